The van der Waals surface area contributed by atoms with Crippen LogP contribution >= 0.6 is 11.8 Å². The first-order chi connectivity index (χ1) is 7.83. The molecule has 0 aromatic carbocycles. The Morgan fingerprint density at radius 1 is 1.62 bits per heavy atom. The lowest BCUT2D eigenvalue weighted by atomic mass is 10.0. The monoisotopic (exact) mass is 239 g/mol. The molecule has 1 aromatic rings. The maximum Gasteiger partial charge on any atom is 0.0951 e. The van der Waals surface area contributed by atoms with Crippen molar-refractivity contribution < 1.29 is 0 Å². The summed E-state index contributed by atoms with van der Waals surface area (Å²) < 4.78 is 2.33. The summed E-state index contributed by atoms with van der Waals surface area (Å²) in [5.74, 6) is 1.15. The molecular formula is C12H21N3S. The summed E-state index contributed by atoms with van der Waals surface area (Å²) in [4.78, 5) is 4.31. The standard InChI is InChI=1S/C12H21N3S/c1-10(8-16-2)15-9-13-7-12(15)11-5-3-4-6-14-11/h7,9-11,14H,3-6,8H2,1-2H3. The molecule has 1 fully saturated rings. The van der Waals surface area contributed by atoms with Crippen molar-refractivity contribution in [3.05, 3.63) is 18.2 Å². The summed E-state index contributed by atoms with van der Waals surface area (Å²) in [5.41, 5.74) is 1.36. The van der Waals surface area contributed by atoms with Crippen LogP contribution in [0.1, 0.15) is 44.0 Å². The first-order valence-electron chi connectivity index (χ1n) is 6.07. The molecule has 1 N–H and O–H groups in total. The minimum Gasteiger partial charge on any atom is -0.330 e. The van der Waals surface area contributed by atoms with Crippen molar-refractivity contribution in [1.82, 2.24) is 14.9 Å². The van der Waals surface area contributed by atoms with Crippen LogP contribution in [-0.2, 0) is 0 Å². The molecule has 0 bridgehead atoms. The SMILES string of the molecule is CSCC(C)n1cncc1C1CCCCN1. The van der Waals surface area contributed by atoms with Crippen molar-refractivity contribution in [1.29, 1.82) is 0 Å². The largest absolute Gasteiger partial charge is 0.330 e. The van der Waals surface area contributed by atoms with Gasteiger partial charge in [-0.2, -0.15) is 11.8 Å². The molecule has 0 saturated carbocycles. The molecule has 16 heavy (non-hydrogen) atoms. The first kappa shape index (κ1) is 12.0. The Labute approximate surface area is 102 Å². The van der Waals surface area contributed by atoms with Gasteiger partial charge in [-0.15, -0.1) is 0 Å². The Hall–Kier alpha value is -0.480. The Balaban J connectivity index is 2.11. The molecule has 3 nitrogen and oxygen atoms in total. The third-order valence-electron chi connectivity index (χ3n) is 3.25. The Bertz CT molecular complexity index is 318. The molecule has 2 unspecified atom stereocenters. The van der Waals surface area contributed by atoms with Crippen molar-refractivity contribution in [2.75, 3.05) is 18.6 Å². The molecule has 2 rings (SSSR count). The summed E-state index contributed by atoms with van der Waals surface area (Å²) >= 11 is 1.89. The highest BCUT2D eigenvalue weighted by atomic mass is 32.2. The van der Waals surface area contributed by atoms with Crippen molar-refractivity contribution in [3.8, 4) is 0 Å². The first-order valence-corrected chi connectivity index (χ1v) is 7.46. The van der Waals surface area contributed by atoms with Crippen LogP contribution in [0.3, 0.4) is 0 Å². The summed E-state index contributed by atoms with van der Waals surface area (Å²) in [5, 5.41) is 3.59. The highest BCUT2D eigenvalue weighted by Gasteiger charge is 2.20. The van der Waals surface area contributed by atoms with Gasteiger partial charge < -0.3 is 9.88 Å². The molecule has 1 saturated heterocycles. The van der Waals surface area contributed by atoms with Gasteiger partial charge in [0, 0.05) is 24.0 Å². The summed E-state index contributed by atoms with van der Waals surface area (Å²) in [6, 6.07) is 1.05. The third-order valence-corrected chi connectivity index (χ3v) is 4.06. The van der Waals surface area contributed by atoms with E-state index in [4.69, 9.17) is 0 Å². The van der Waals surface area contributed by atoms with Crippen LogP contribution in [0.2, 0.25) is 0 Å². The summed E-state index contributed by atoms with van der Waals surface area (Å²) in [6.45, 7) is 3.41. The van der Waals surface area contributed by atoms with Gasteiger partial charge in [-0.1, -0.05) is 6.42 Å². The van der Waals surface area contributed by atoms with Crippen LogP contribution in [0.5, 0.6) is 0 Å². The Morgan fingerprint density at radius 3 is 3.19 bits per heavy atom. The lowest BCUT2D eigenvalue weighted by Gasteiger charge is -2.26. The van der Waals surface area contributed by atoms with Gasteiger partial charge in [-0.05, 0) is 32.6 Å². The molecule has 0 radical (unpaired) electrons. The van der Waals surface area contributed by atoms with E-state index >= 15 is 0 Å². The second-order valence-electron chi connectivity index (χ2n) is 4.53. The maximum atomic E-state index is 4.31. The molecular weight excluding hydrogens is 218 g/mol. The van der Waals surface area contributed by atoms with Crippen molar-refractivity contribution in [3.63, 3.8) is 0 Å². The van der Waals surface area contributed by atoms with E-state index in [1.54, 1.807) is 0 Å². The van der Waals surface area contributed by atoms with E-state index in [0.717, 1.165) is 12.3 Å². The van der Waals surface area contributed by atoms with Gasteiger partial charge in [0.25, 0.3) is 0 Å². The fourth-order valence-electron chi connectivity index (χ4n) is 2.38. The molecule has 90 valence electrons. The van der Waals surface area contributed by atoms with Crippen molar-refractivity contribution >= 4 is 11.8 Å². The second kappa shape index (κ2) is 5.73. The molecule has 1 aromatic heterocycles. The molecule has 2 heterocycles. The minimum absolute atomic E-state index is 0.514. The Morgan fingerprint density at radius 2 is 2.50 bits per heavy atom. The van der Waals surface area contributed by atoms with E-state index in [0.29, 0.717) is 12.1 Å². The van der Waals surface area contributed by atoms with Crippen LogP contribution in [0.25, 0.3) is 0 Å². The zero-order valence-corrected chi connectivity index (χ0v) is 11.0. The number of aromatic nitrogens is 2. The second-order valence-corrected chi connectivity index (χ2v) is 5.44. The van der Waals surface area contributed by atoms with E-state index in [1.807, 2.05) is 24.3 Å². The highest BCUT2D eigenvalue weighted by molar-refractivity contribution is 7.98. The minimum atomic E-state index is 0.514. The normalized spacial score (nSPS) is 23.2. The average molecular weight is 239 g/mol. The van der Waals surface area contributed by atoms with E-state index in [-0.39, 0.29) is 0 Å². The molecule has 0 amide bonds. The fraction of sp³-hybridized carbons (Fsp3) is 0.750. The van der Waals surface area contributed by atoms with Gasteiger partial charge in [-0.3, -0.25) is 0 Å². The number of nitrogens with zero attached hydrogens (tertiary/aromatic N) is 2. The van der Waals surface area contributed by atoms with E-state index < -0.39 is 0 Å². The van der Waals surface area contributed by atoms with Crippen molar-refractivity contribution in [2.45, 2.75) is 38.3 Å². The third kappa shape index (κ3) is 2.61. The predicted molar refractivity (Wildman–Crippen MR) is 69.9 cm³/mol. The van der Waals surface area contributed by atoms with Crippen LogP contribution in [0.4, 0.5) is 0 Å². The van der Waals surface area contributed by atoms with Crippen LogP contribution in [0.15, 0.2) is 12.5 Å². The van der Waals surface area contributed by atoms with Gasteiger partial charge in [0.2, 0.25) is 0 Å². The van der Waals surface area contributed by atoms with Crippen molar-refractivity contribution in [2.24, 2.45) is 0 Å². The van der Waals surface area contributed by atoms with Crippen LogP contribution in [-0.4, -0.2) is 28.1 Å². The highest BCUT2D eigenvalue weighted by Crippen LogP contribution is 2.25. The number of piperidine rings is 1. The molecule has 0 aliphatic carbocycles. The number of hydrogen-bond donors (Lipinski definition) is 1. The van der Waals surface area contributed by atoms with Crippen LogP contribution < -0.4 is 5.32 Å². The number of hydrogen-bond acceptors (Lipinski definition) is 3. The fourth-order valence-corrected chi connectivity index (χ4v) is 3.02. The quantitative estimate of drug-likeness (QED) is 0.876. The van der Waals surface area contributed by atoms with Gasteiger partial charge in [0.1, 0.15) is 0 Å². The average Bonchev–Trinajstić information content (AvgIpc) is 2.79. The molecule has 1 aliphatic heterocycles. The van der Waals surface area contributed by atoms with E-state index in [9.17, 15) is 0 Å². The molecule has 0 spiro atoms. The molecule has 2 atom stereocenters. The topological polar surface area (TPSA) is 29.9 Å². The number of imidazole rings is 1. The lowest BCUT2D eigenvalue weighted by molar-refractivity contribution is 0.387. The van der Waals surface area contributed by atoms with Gasteiger partial charge >= 0.3 is 0 Å². The maximum absolute atomic E-state index is 4.31. The van der Waals surface area contributed by atoms with Gasteiger partial charge in [-0.25, -0.2) is 4.98 Å². The Kier molecular flexibility index (Phi) is 4.29. The summed E-state index contributed by atoms with van der Waals surface area (Å²) in [7, 11) is 0. The molecule has 1 aliphatic rings. The van der Waals surface area contributed by atoms with Gasteiger partial charge in [0.15, 0.2) is 0 Å². The van der Waals surface area contributed by atoms with E-state index in [2.05, 4.69) is 28.0 Å². The summed E-state index contributed by atoms with van der Waals surface area (Å²) in [6.07, 6.45) is 10.1. The van der Waals surface area contributed by atoms with Gasteiger partial charge in [0.05, 0.1) is 12.0 Å². The zero-order chi connectivity index (χ0) is 11.4. The lowest BCUT2D eigenvalue weighted by Crippen LogP contribution is -2.29. The predicted octanol–water partition coefficient (Wildman–Crippen LogP) is 2.62. The smallest absolute Gasteiger partial charge is 0.0951 e. The van der Waals surface area contributed by atoms with Crippen LogP contribution in [0, 0.1) is 0 Å². The zero-order valence-electron chi connectivity index (χ0n) is 10.1. The number of thioether (sulfide) groups is 1. The number of rotatable bonds is 4. The molecule has 4 heteroatoms. The van der Waals surface area contributed by atoms with E-state index in [1.165, 1.54) is 25.0 Å². The number of nitrogens with one attached hydrogen (secondary N) is 1.